The molecule has 39 valence electrons. The van der Waals surface area contributed by atoms with Crippen molar-refractivity contribution in [1.82, 2.24) is 0 Å². The van der Waals surface area contributed by atoms with Crippen LogP contribution in [-0.2, 0) is 15.5 Å². The van der Waals surface area contributed by atoms with Gasteiger partial charge >= 0.3 is 5.97 Å². The molecule has 0 spiro atoms. The topological polar surface area (TPSA) is 37.3 Å². The Balaban J connectivity index is 3.13. The van der Waals surface area contributed by atoms with Crippen molar-refractivity contribution in [2.75, 3.05) is 12.0 Å². The molecular formula is C3H6BO2S. The van der Waals surface area contributed by atoms with Crippen molar-refractivity contribution in [3.05, 3.63) is 0 Å². The zero-order chi connectivity index (χ0) is 5.86. The molecule has 1 unspecified atom stereocenters. The predicted octanol–water partition coefficient (Wildman–Crippen LogP) is -0.597. The fourth-order valence-corrected chi connectivity index (χ4v) is 0.584. The maximum atomic E-state index is 9.74. The first-order valence-electron chi connectivity index (χ1n) is 1.71. The molecular weight excluding hydrogens is 111 g/mol. The second-order valence-electron chi connectivity index (χ2n) is 1.23. The summed E-state index contributed by atoms with van der Waals surface area (Å²) < 4.78 is 0. The summed E-state index contributed by atoms with van der Waals surface area (Å²) in [7, 11) is 4.70. The molecule has 1 atom stereocenters. The summed E-state index contributed by atoms with van der Waals surface area (Å²) in [6.45, 7) is 0. The molecule has 0 fully saturated rings. The molecule has 0 aliphatic heterocycles. The lowest BCUT2D eigenvalue weighted by atomic mass is 10.8. The molecule has 0 bridgehead atoms. The molecule has 0 amide bonds. The molecule has 4 heteroatoms. The van der Waals surface area contributed by atoms with Gasteiger partial charge in [-0.3, -0.25) is 0 Å². The summed E-state index contributed by atoms with van der Waals surface area (Å²) >= 11 is 0. The van der Waals surface area contributed by atoms with Gasteiger partial charge in [-0.1, -0.05) is 0 Å². The summed E-state index contributed by atoms with van der Waals surface area (Å²) in [6.07, 6.45) is 1.69. The molecule has 0 aromatic carbocycles. The van der Waals surface area contributed by atoms with Crippen LogP contribution in [-0.4, -0.2) is 30.2 Å². The van der Waals surface area contributed by atoms with E-state index in [-0.39, 0.29) is 5.75 Å². The van der Waals surface area contributed by atoms with Gasteiger partial charge in [-0.25, -0.2) is 11.9 Å². The van der Waals surface area contributed by atoms with Gasteiger partial charge in [-0.05, 0) is 0 Å². The maximum Gasteiger partial charge on any atom is 0.348 e. The third-order valence-electron chi connectivity index (χ3n) is 0.351. The van der Waals surface area contributed by atoms with Crippen molar-refractivity contribution in [2.45, 2.75) is 0 Å². The number of hydrogen-bond acceptors (Lipinski definition) is 1. The molecule has 0 heterocycles. The van der Waals surface area contributed by atoms with E-state index in [1.54, 1.807) is 6.26 Å². The molecule has 1 N–H and O–H groups in total. The van der Waals surface area contributed by atoms with E-state index in [2.05, 4.69) is 0 Å². The summed E-state index contributed by atoms with van der Waals surface area (Å²) in [5, 5.41) is 8.01. The Kier molecular flexibility index (Phi) is 2.91. The van der Waals surface area contributed by atoms with E-state index < -0.39 is 16.7 Å². The average molecular weight is 117 g/mol. The van der Waals surface area contributed by atoms with Crippen molar-refractivity contribution in [1.29, 1.82) is 0 Å². The van der Waals surface area contributed by atoms with Gasteiger partial charge < -0.3 is 15.9 Å². The van der Waals surface area contributed by atoms with Crippen molar-refractivity contribution < 1.29 is 9.90 Å². The quantitative estimate of drug-likeness (QED) is 0.387. The van der Waals surface area contributed by atoms with E-state index in [0.29, 0.717) is 0 Å². The number of aliphatic carboxylic acids is 1. The molecule has 0 aliphatic carbocycles. The third kappa shape index (κ3) is 5.88. The number of carboxylic acid groups (broad SMARTS) is 1. The van der Waals surface area contributed by atoms with E-state index in [9.17, 15) is 4.79 Å². The minimum Gasteiger partial charge on any atom is -0.478 e. The maximum absolute atomic E-state index is 9.74. The smallest absolute Gasteiger partial charge is 0.348 e. The molecule has 0 saturated heterocycles. The van der Waals surface area contributed by atoms with E-state index in [4.69, 9.17) is 12.2 Å². The van der Waals surface area contributed by atoms with Crippen molar-refractivity contribution in [3.8, 4) is 0 Å². The first-order chi connectivity index (χ1) is 3.13. The Morgan fingerprint density at radius 1 is 2.00 bits per heavy atom. The van der Waals surface area contributed by atoms with Crippen LogP contribution in [0.25, 0.3) is 0 Å². The lowest BCUT2D eigenvalue weighted by molar-refractivity contribution is -0.133. The Hall–Kier alpha value is -0.115. The molecule has 0 aromatic rings. The predicted molar refractivity (Wildman–Crippen MR) is 31.5 cm³/mol. The monoisotopic (exact) mass is 117 g/mol. The zero-order valence-electron chi connectivity index (χ0n) is 4.05. The standard InChI is InChI=1S/C3H5BO2S/c1-7(4)2-3(5)6/h2H2,1H3/q-1/p+1. The number of carbonyl (C=O) groups is 1. The van der Waals surface area contributed by atoms with Gasteiger partial charge in [0.25, 0.3) is 0 Å². The summed E-state index contributed by atoms with van der Waals surface area (Å²) in [6, 6.07) is 0. The SMILES string of the molecule is [B-][S+](C)CC(=O)O. The van der Waals surface area contributed by atoms with Gasteiger partial charge in [-0.15, -0.1) is 0 Å². The lowest BCUT2D eigenvalue weighted by Crippen LogP contribution is -2.12. The van der Waals surface area contributed by atoms with E-state index in [0.717, 1.165) is 0 Å². The molecule has 7 heavy (non-hydrogen) atoms. The normalized spacial score (nSPS) is 13.4. The molecule has 0 aliphatic rings. The van der Waals surface area contributed by atoms with Crippen LogP contribution in [0.5, 0.6) is 0 Å². The van der Waals surface area contributed by atoms with Crippen LogP contribution in [0.3, 0.4) is 0 Å². The van der Waals surface area contributed by atoms with E-state index in [1.165, 1.54) is 0 Å². The first kappa shape index (κ1) is 6.88. The Morgan fingerprint density at radius 2 is 2.43 bits per heavy atom. The van der Waals surface area contributed by atoms with Gasteiger partial charge in [-0.2, -0.15) is 0 Å². The largest absolute Gasteiger partial charge is 0.478 e. The van der Waals surface area contributed by atoms with Gasteiger partial charge in [0.15, 0.2) is 5.75 Å². The molecule has 0 rings (SSSR count). The Labute approximate surface area is 46.6 Å². The second-order valence-corrected chi connectivity index (χ2v) is 2.90. The van der Waals surface area contributed by atoms with Gasteiger partial charge in [0, 0.05) is 6.26 Å². The fourth-order valence-electron chi connectivity index (χ4n) is 0.195. The Bertz CT molecular complexity index is 73.3. The lowest BCUT2D eigenvalue weighted by Gasteiger charge is -2.03. The van der Waals surface area contributed by atoms with Crippen LogP contribution >= 0.6 is 0 Å². The highest BCUT2D eigenvalue weighted by Gasteiger charge is 1.96. The molecule has 0 saturated carbocycles. The summed E-state index contributed by atoms with van der Waals surface area (Å²) in [4.78, 5) is 9.74. The second kappa shape index (κ2) is 2.96. The summed E-state index contributed by atoms with van der Waals surface area (Å²) in [5.41, 5.74) is 0. The van der Waals surface area contributed by atoms with E-state index in [1.807, 2.05) is 0 Å². The van der Waals surface area contributed by atoms with Crippen LogP contribution < -0.4 is 0 Å². The van der Waals surface area contributed by atoms with Crippen LogP contribution in [0.1, 0.15) is 0 Å². The number of carboxylic acids is 1. The van der Waals surface area contributed by atoms with Crippen LogP contribution in [0.4, 0.5) is 0 Å². The van der Waals surface area contributed by atoms with E-state index >= 15 is 0 Å². The minimum atomic E-state index is -0.826. The number of rotatable bonds is 2. The molecule has 2 nitrogen and oxygen atoms in total. The zero-order valence-corrected chi connectivity index (χ0v) is 4.86. The number of hydrogen-bond donors (Lipinski definition) is 1. The average Bonchev–Trinajstić information content (AvgIpc) is 1.27. The Morgan fingerprint density at radius 3 is 2.43 bits per heavy atom. The van der Waals surface area contributed by atoms with Crippen molar-refractivity contribution in [2.24, 2.45) is 0 Å². The van der Waals surface area contributed by atoms with Gasteiger partial charge in [0.2, 0.25) is 0 Å². The van der Waals surface area contributed by atoms with Crippen molar-refractivity contribution in [3.63, 3.8) is 0 Å². The van der Waals surface area contributed by atoms with Gasteiger partial charge in [0.05, 0.1) is 0 Å². The first-order valence-corrected chi connectivity index (χ1v) is 3.58. The van der Waals surface area contributed by atoms with Crippen molar-refractivity contribution >= 4 is 23.8 Å². The highest BCUT2D eigenvalue weighted by atomic mass is 32.2. The van der Waals surface area contributed by atoms with Crippen LogP contribution in [0.15, 0.2) is 0 Å². The molecule has 0 aromatic heterocycles. The molecule has 3 radical (unpaired) electrons. The highest BCUT2D eigenvalue weighted by Crippen LogP contribution is 1.78. The van der Waals surface area contributed by atoms with Crippen LogP contribution in [0.2, 0.25) is 0 Å². The fraction of sp³-hybridized carbons (Fsp3) is 0.667. The summed E-state index contributed by atoms with van der Waals surface area (Å²) in [5.74, 6) is -0.742. The van der Waals surface area contributed by atoms with Gasteiger partial charge in [0.1, 0.15) is 0 Å². The van der Waals surface area contributed by atoms with Crippen LogP contribution in [0, 0.1) is 0 Å². The highest BCUT2D eigenvalue weighted by molar-refractivity contribution is 8.16. The minimum absolute atomic E-state index is 0.0833. The third-order valence-corrected chi connectivity index (χ3v) is 1.05.